The van der Waals surface area contributed by atoms with Crippen LogP contribution in [0.4, 0.5) is 0 Å². The molecule has 1 aliphatic heterocycles. The Morgan fingerprint density at radius 3 is 2.16 bits per heavy atom. The maximum atomic E-state index is 5.54. The second-order valence-electron chi connectivity index (χ2n) is 5.97. The predicted molar refractivity (Wildman–Crippen MR) is 108 cm³/mol. The standard InChI is InChI=1S/C19H22Br2N2O2/c1-24-17-11-15(16(21)12-18(17)25-2)19(23-9-7-22-8-10-23)13-3-5-14(20)6-4-13/h3-6,11-12,19,22H,7-10H2,1-2H3. The molecule has 1 aliphatic rings. The van der Waals surface area contributed by atoms with Crippen LogP contribution in [0.2, 0.25) is 0 Å². The van der Waals surface area contributed by atoms with Crippen LogP contribution in [0.3, 0.4) is 0 Å². The molecule has 1 atom stereocenters. The quantitative estimate of drug-likeness (QED) is 0.710. The second kappa shape index (κ2) is 8.54. The van der Waals surface area contributed by atoms with Gasteiger partial charge >= 0.3 is 0 Å². The molecule has 1 N–H and O–H groups in total. The van der Waals surface area contributed by atoms with Crippen LogP contribution in [0.25, 0.3) is 0 Å². The van der Waals surface area contributed by atoms with Gasteiger partial charge < -0.3 is 14.8 Å². The SMILES string of the molecule is COc1cc(Br)c(C(c2ccc(Br)cc2)N2CCNCC2)cc1OC. The molecular formula is C19H22Br2N2O2. The first-order valence-corrected chi connectivity index (χ1v) is 9.84. The van der Waals surface area contributed by atoms with E-state index >= 15 is 0 Å². The lowest BCUT2D eigenvalue weighted by Gasteiger charge is -2.36. The van der Waals surface area contributed by atoms with Gasteiger partial charge in [-0.2, -0.15) is 0 Å². The van der Waals surface area contributed by atoms with Gasteiger partial charge in [-0.3, -0.25) is 4.90 Å². The molecule has 1 unspecified atom stereocenters. The Kier molecular flexibility index (Phi) is 6.39. The van der Waals surface area contributed by atoms with Crippen molar-refractivity contribution in [3.05, 3.63) is 56.5 Å². The highest BCUT2D eigenvalue weighted by Gasteiger charge is 2.27. The molecule has 1 heterocycles. The average Bonchev–Trinajstić information content (AvgIpc) is 2.65. The van der Waals surface area contributed by atoms with Crippen LogP contribution in [-0.2, 0) is 0 Å². The van der Waals surface area contributed by atoms with E-state index in [9.17, 15) is 0 Å². The van der Waals surface area contributed by atoms with Crippen LogP contribution in [0, 0.1) is 0 Å². The van der Waals surface area contributed by atoms with Crippen LogP contribution in [0.15, 0.2) is 45.3 Å². The number of ether oxygens (including phenoxy) is 2. The summed E-state index contributed by atoms with van der Waals surface area (Å²) in [7, 11) is 3.33. The van der Waals surface area contributed by atoms with Crippen molar-refractivity contribution in [2.75, 3.05) is 40.4 Å². The predicted octanol–water partition coefficient (Wildman–Crippen LogP) is 4.22. The topological polar surface area (TPSA) is 33.7 Å². The van der Waals surface area contributed by atoms with Crippen LogP contribution >= 0.6 is 31.9 Å². The minimum atomic E-state index is 0.157. The normalized spacial score (nSPS) is 16.5. The number of nitrogens with zero attached hydrogens (tertiary/aromatic N) is 1. The van der Waals surface area contributed by atoms with Gasteiger partial charge in [0.1, 0.15) is 0 Å². The highest BCUT2D eigenvalue weighted by molar-refractivity contribution is 9.10. The van der Waals surface area contributed by atoms with E-state index in [1.54, 1.807) is 14.2 Å². The van der Waals surface area contributed by atoms with Gasteiger partial charge in [-0.1, -0.05) is 44.0 Å². The molecule has 25 heavy (non-hydrogen) atoms. The number of nitrogens with one attached hydrogen (secondary N) is 1. The van der Waals surface area contributed by atoms with Gasteiger partial charge in [-0.05, 0) is 35.4 Å². The summed E-state index contributed by atoms with van der Waals surface area (Å²) < 4.78 is 13.1. The van der Waals surface area contributed by atoms with Crippen molar-refractivity contribution < 1.29 is 9.47 Å². The summed E-state index contributed by atoms with van der Waals surface area (Å²) in [6.45, 7) is 4.00. The van der Waals surface area contributed by atoms with Gasteiger partial charge in [0.2, 0.25) is 0 Å². The Morgan fingerprint density at radius 1 is 0.960 bits per heavy atom. The molecule has 4 nitrogen and oxygen atoms in total. The van der Waals surface area contributed by atoms with Crippen molar-refractivity contribution >= 4 is 31.9 Å². The molecule has 0 bridgehead atoms. The highest BCUT2D eigenvalue weighted by Crippen LogP contribution is 2.40. The summed E-state index contributed by atoms with van der Waals surface area (Å²) in [6.07, 6.45) is 0. The smallest absolute Gasteiger partial charge is 0.161 e. The summed E-state index contributed by atoms with van der Waals surface area (Å²) in [5, 5.41) is 3.43. The summed E-state index contributed by atoms with van der Waals surface area (Å²) in [6, 6.07) is 12.8. The van der Waals surface area contributed by atoms with E-state index in [0.29, 0.717) is 0 Å². The zero-order chi connectivity index (χ0) is 17.8. The lowest BCUT2D eigenvalue weighted by molar-refractivity contribution is 0.197. The van der Waals surface area contributed by atoms with Gasteiger partial charge in [0.05, 0.1) is 20.3 Å². The third-order valence-corrected chi connectivity index (χ3v) is 5.72. The molecule has 2 aromatic carbocycles. The Bertz CT molecular complexity index is 716. The van der Waals surface area contributed by atoms with Gasteiger partial charge in [0, 0.05) is 35.1 Å². The molecule has 0 aromatic heterocycles. The van der Waals surface area contributed by atoms with Crippen molar-refractivity contribution in [3.8, 4) is 11.5 Å². The third kappa shape index (κ3) is 4.19. The number of benzene rings is 2. The van der Waals surface area contributed by atoms with E-state index in [0.717, 1.165) is 46.6 Å². The lowest BCUT2D eigenvalue weighted by atomic mass is 9.96. The first-order valence-electron chi connectivity index (χ1n) is 8.25. The Balaban J connectivity index is 2.09. The van der Waals surface area contributed by atoms with E-state index < -0.39 is 0 Å². The fourth-order valence-electron chi connectivity index (χ4n) is 3.25. The van der Waals surface area contributed by atoms with E-state index in [-0.39, 0.29) is 6.04 Å². The van der Waals surface area contributed by atoms with Crippen LogP contribution in [-0.4, -0.2) is 45.3 Å². The lowest BCUT2D eigenvalue weighted by Crippen LogP contribution is -2.45. The largest absolute Gasteiger partial charge is 0.493 e. The number of hydrogen-bond acceptors (Lipinski definition) is 4. The van der Waals surface area contributed by atoms with Gasteiger partial charge in [0.25, 0.3) is 0 Å². The molecule has 2 aromatic rings. The van der Waals surface area contributed by atoms with Crippen LogP contribution in [0.5, 0.6) is 11.5 Å². The summed E-state index contributed by atoms with van der Waals surface area (Å²) in [5.74, 6) is 1.48. The molecule has 1 saturated heterocycles. The van der Waals surface area contributed by atoms with Crippen molar-refractivity contribution in [2.45, 2.75) is 6.04 Å². The minimum Gasteiger partial charge on any atom is -0.493 e. The third-order valence-electron chi connectivity index (χ3n) is 4.50. The van der Waals surface area contributed by atoms with Gasteiger partial charge in [-0.25, -0.2) is 0 Å². The molecule has 0 saturated carbocycles. The molecule has 0 amide bonds. The van der Waals surface area contributed by atoms with Crippen LogP contribution < -0.4 is 14.8 Å². The monoisotopic (exact) mass is 468 g/mol. The van der Waals surface area contributed by atoms with Crippen molar-refractivity contribution in [1.29, 1.82) is 0 Å². The molecular weight excluding hydrogens is 448 g/mol. The summed E-state index contributed by atoms with van der Waals surface area (Å²) >= 11 is 7.28. The Labute approximate surface area is 165 Å². The number of hydrogen-bond donors (Lipinski definition) is 1. The molecule has 3 rings (SSSR count). The Hall–Kier alpha value is -1.08. The fourth-order valence-corrected chi connectivity index (χ4v) is 4.06. The maximum absolute atomic E-state index is 5.54. The molecule has 0 aliphatic carbocycles. The molecule has 1 fully saturated rings. The fraction of sp³-hybridized carbons (Fsp3) is 0.368. The molecule has 134 valence electrons. The average molecular weight is 470 g/mol. The van der Waals surface area contributed by atoms with E-state index in [1.165, 1.54) is 11.1 Å². The zero-order valence-corrected chi connectivity index (χ0v) is 17.6. The van der Waals surface area contributed by atoms with Crippen molar-refractivity contribution in [2.24, 2.45) is 0 Å². The second-order valence-corrected chi connectivity index (χ2v) is 7.74. The molecule has 6 heteroatoms. The molecule has 0 spiro atoms. The number of rotatable bonds is 5. The summed E-state index contributed by atoms with van der Waals surface area (Å²) in [4.78, 5) is 2.51. The van der Waals surface area contributed by atoms with Gasteiger partial charge in [0.15, 0.2) is 11.5 Å². The maximum Gasteiger partial charge on any atom is 0.161 e. The zero-order valence-electron chi connectivity index (χ0n) is 14.4. The number of halogens is 2. The van der Waals surface area contributed by atoms with E-state index in [2.05, 4.69) is 72.4 Å². The highest BCUT2D eigenvalue weighted by atomic mass is 79.9. The number of piperazine rings is 1. The first kappa shape index (κ1) is 18.7. The van der Waals surface area contributed by atoms with Gasteiger partial charge in [-0.15, -0.1) is 0 Å². The summed E-state index contributed by atoms with van der Waals surface area (Å²) in [5.41, 5.74) is 2.44. The van der Waals surface area contributed by atoms with Crippen molar-refractivity contribution in [1.82, 2.24) is 10.2 Å². The molecule has 0 radical (unpaired) electrons. The van der Waals surface area contributed by atoms with E-state index in [1.807, 2.05) is 6.07 Å². The van der Waals surface area contributed by atoms with Crippen LogP contribution in [0.1, 0.15) is 17.2 Å². The van der Waals surface area contributed by atoms with E-state index in [4.69, 9.17) is 9.47 Å². The minimum absolute atomic E-state index is 0.157. The number of methoxy groups -OCH3 is 2. The first-order chi connectivity index (χ1) is 12.1. The Morgan fingerprint density at radius 2 is 1.56 bits per heavy atom. The van der Waals surface area contributed by atoms with Crippen molar-refractivity contribution in [3.63, 3.8) is 0 Å².